The highest BCUT2D eigenvalue weighted by molar-refractivity contribution is 5.91. The molecule has 3 aromatic rings. The smallest absolute Gasteiger partial charge is 0.228 e. The molecule has 4 rings (SSSR count). The van der Waals surface area contributed by atoms with Gasteiger partial charge in [-0.15, -0.1) is 0 Å². The van der Waals surface area contributed by atoms with Crippen LogP contribution in [0.15, 0.2) is 53.3 Å². The van der Waals surface area contributed by atoms with Gasteiger partial charge in [0.25, 0.3) is 0 Å². The molecule has 1 N–H and O–H groups in total. The molecule has 2 aromatic heterocycles. The first kappa shape index (κ1) is 17.2. The maximum atomic E-state index is 12.4. The Hall–Kier alpha value is -3.22. The van der Waals surface area contributed by atoms with E-state index in [9.17, 15) is 4.79 Å². The van der Waals surface area contributed by atoms with Crippen molar-refractivity contribution in [1.82, 2.24) is 15.1 Å². The van der Waals surface area contributed by atoms with Gasteiger partial charge in [0.05, 0.1) is 5.69 Å². The minimum absolute atomic E-state index is 0.00406. The predicted molar refractivity (Wildman–Crippen MR) is 102 cm³/mol. The maximum Gasteiger partial charge on any atom is 0.228 e. The number of aryl methyl sites for hydroxylation is 1. The number of aromatic nitrogens is 3. The van der Waals surface area contributed by atoms with Crippen molar-refractivity contribution in [2.24, 2.45) is 5.92 Å². The normalized spacial score (nSPS) is 14.9. The fourth-order valence-corrected chi connectivity index (χ4v) is 3.31. The summed E-state index contributed by atoms with van der Waals surface area (Å²) in [4.78, 5) is 23.4. The molecule has 0 atom stereocenters. The summed E-state index contributed by atoms with van der Waals surface area (Å²) < 4.78 is 4.99. The molecule has 3 heterocycles. The zero-order valence-electron chi connectivity index (χ0n) is 15.1. The lowest BCUT2D eigenvalue weighted by Gasteiger charge is -2.32. The van der Waals surface area contributed by atoms with Crippen LogP contribution in [-0.4, -0.2) is 34.1 Å². The fourth-order valence-electron chi connectivity index (χ4n) is 3.31. The minimum Gasteiger partial charge on any atom is -0.360 e. The van der Waals surface area contributed by atoms with Crippen molar-refractivity contribution in [2.45, 2.75) is 19.8 Å². The first-order valence-corrected chi connectivity index (χ1v) is 9.05. The Labute approximate surface area is 157 Å². The van der Waals surface area contributed by atoms with Crippen molar-refractivity contribution in [3.05, 3.63) is 54.6 Å². The van der Waals surface area contributed by atoms with Gasteiger partial charge in [-0.05, 0) is 19.8 Å². The number of carbonyl (C=O) groups is 1. The van der Waals surface area contributed by atoms with Gasteiger partial charge < -0.3 is 14.7 Å². The van der Waals surface area contributed by atoms with E-state index in [1.165, 1.54) is 0 Å². The summed E-state index contributed by atoms with van der Waals surface area (Å²) in [6.07, 6.45) is 3.14. The molecule has 0 unspecified atom stereocenters. The Morgan fingerprint density at radius 2 is 1.93 bits per heavy atom. The molecular formula is C20H21N5O2. The van der Waals surface area contributed by atoms with Crippen molar-refractivity contribution in [1.29, 1.82) is 0 Å². The molecule has 1 amide bonds. The molecule has 7 nitrogen and oxygen atoms in total. The van der Waals surface area contributed by atoms with E-state index in [1.807, 2.05) is 36.4 Å². The van der Waals surface area contributed by atoms with E-state index < -0.39 is 0 Å². The molecule has 0 aliphatic carbocycles. The second kappa shape index (κ2) is 7.57. The zero-order chi connectivity index (χ0) is 18.6. The predicted octanol–water partition coefficient (Wildman–Crippen LogP) is 3.30. The molecule has 1 aliphatic heterocycles. The summed E-state index contributed by atoms with van der Waals surface area (Å²) in [5.41, 5.74) is 1.97. The number of amides is 1. The van der Waals surface area contributed by atoms with Crippen LogP contribution >= 0.6 is 0 Å². The largest absolute Gasteiger partial charge is 0.360 e. The SMILES string of the molecule is Cc1cc(NC(=O)C2CCN(c3cc(-c4ccccc4)ncn3)CC2)no1. The van der Waals surface area contributed by atoms with Crippen molar-refractivity contribution >= 4 is 17.5 Å². The third-order valence-electron chi connectivity index (χ3n) is 4.79. The van der Waals surface area contributed by atoms with Gasteiger partial charge in [0, 0.05) is 36.7 Å². The molecular weight excluding hydrogens is 342 g/mol. The van der Waals surface area contributed by atoms with Crippen LogP contribution in [0.4, 0.5) is 11.6 Å². The number of benzene rings is 1. The van der Waals surface area contributed by atoms with Gasteiger partial charge in [-0.1, -0.05) is 35.5 Å². The van der Waals surface area contributed by atoms with Crippen molar-refractivity contribution in [3.8, 4) is 11.3 Å². The van der Waals surface area contributed by atoms with Gasteiger partial charge in [0.15, 0.2) is 5.82 Å². The number of rotatable bonds is 4. The number of nitrogens with one attached hydrogen (secondary N) is 1. The molecule has 0 radical (unpaired) electrons. The number of anilines is 2. The standard InChI is InChI=1S/C20H21N5O2/c1-14-11-18(24-27-14)23-20(26)16-7-9-25(10-8-16)19-12-17(21-13-22-19)15-5-3-2-4-6-15/h2-6,11-13,16H,7-10H2,1H3,(H,23,24,26). The van der Waals surface area contributed by atoms with Crippen molar-refractivity contribution < 1.29 is 9.32 Å². The molecule has 0 saturated carbocycles. The molecule has 0 spiro atoms. The topological polar surface area (TPSA) is 84.2 Å². The summed E-state index contributed by atoms with van der Waals surface area (Å²) >= 11 is 0. The molecule has 1 saturated heterocycles. The molecule has 138 valence electrons. The third-order valence-corrected chi connectivity index (χ3v) is 4.79. The second-order valence-electron chi connectivity index (χ2n) is 6.70. The van der Waals surface area contributed by atoms with E-state index in [0.717, 1.165) is 43.0 Å². The van der Waals surface area contributed by atoms with Crippen molar-refractivity contribution in [3.63, 3.8) is 0 Å². The summed E-state index contributed by atoms with van der Waals surface area (Å²) in [6.45, 7) is 3.36. The Morgan fingerprint density at radius 3 is 2.63 bits per heavy atom. The van der Waals surface area contributed by atoms with E-state index in [0.29, 0.717) is 11.6 Å². The van der Waals surface area contributed by atoms with E-state index >= 15 is 0 Å². The summed E-state index contributed by atoms with van der Waals surface area (Å²) in [6, 6.07) is 13.8. The minimum atomic E-state index is -0.0336. The van der Waals surface area contributed by atoms with Crippen LogP contribution in [-0.2, 0) is 4.79 Å². The Morgan fingerprint density at radius 1 is 1.15 bits per heavy atom. The Balaban J connectivity index is 1.38. The molecule has 1 aromatic carbocycles. The van der Waals surface area contributed by atoms with Gasteiger partial charge in [-0.25, -0.2) is 9.97 Å². The molecule has 27 heavy (non-hydrogen) atoms. The van der Waals surface area contributed by atoms with E-state index in [2.05, 4.69) is 25.3 Å². The lowest BCUT2D eigenvalue weighted by molar-refractivity contribution is -0.120. The summed E-state index contributed by atoms with van der Waals surface area (Å²) in [5, 5.41) is 6.65. The summed E-state index contributed by atoms with van der Waals surface area (Å²) in [7, 11) is 0. The van der Waals surface area contributed by atoms with E-state index in [1.54, 1.807) is 19.3 Å². The van der Waals surface area contributed by atoms with Crippen LogP contribution in [0.2, 0.25) is 0 Å². The lowest BCUT2D eigenvalue weighted by Crippen LogP contribution is -2.38. The second-order valence-corrected chi connectivity index (χ2v) is 6.70. The van der Waals surface area contributed by atoms with Gasteiger partial charge in [0.1, 0.15) is 17.9 Å². The first-order valence-electron chi connectivity index (χ1n) is 9.05. The van der Waals surface area contributed by atoms with Gasteiger partial charge in [0.2, 0.25) is 5.91 Å². The maximum absolute atomic E-state index is 12.4. The lowest BCUT2D eigenvalue weighted by atomic mass is 9.96. The average molecular weight is 363 g/mol. The molecule has 1 aliphatic rings. The quantitative estimate of drug-likeness (QED) is 0.766. The van der Waals surface area contributed by atoms with Gasteiger partial charge in [-0.3, -0.25) is 4.79 Å². The molecule has 7 heteroatoms. The van der Waals surface area contributed by atoms with Gasteiger partial charge >= 0.3 is 0 Å². The van der Waals surface area contributed by atoms with E-state index in [4.69, 9.17) is 4.52 Å². The average Bonchev–Trinajstić information content (AvgIpc) is 3.13. The van der Waals surface area contributed by atoms with Crippen molar-refractivity contribution in [2.75, 3.05) is 23.3 Å². The Kier molecular flexibility index (Phi) is 4.82. The van der Waals surface area contributed by atoms with Crippen LogP contribution in [0.1, 0.15) is 18.6 Å². The highest BCUT2D eigenvalue weighted by Crippen LogP contribution is 2.25. The van der Waals surface area contributed by atoms with Gasteiger partial charge in [-0.2, -0.15) is 0 Å². The van der Waals surface area contributed by atoms with E-state index in [-0.39, 0.29) is 11.8 Å². The first-order chi connectivity index (χ1) is 13.2. The fraction of sp³-hybridized carbons (Fsp3) is 0.300. The number of hydrogen-bond acceptors (Lipinski definition) is 6. The number of piperidine rings is 1. The highest BCUT2D eigenvalue weighted by Gasteiger charge is 2.26. The number of nitrogens with zero attached hydrogens (tertiary/aromatic N) is 4. The number of hydrogen-bond donors (Lipinski definition) is 1. The van der Waals surface area contributed by atoms with Crippen LogP contribution in [0, 0.1) is 12.8 Å². The summed E-state index contributed by atoms with van der Waals surface area (Å²) in [5.74, 6) is 2.01. The molecule has 0 bridgehead atoms. The van der Waals surface area contributed by atoms with Crippen LogP contribution in [0.25, 0.3) is 11.3 Å². The molecule has 1 fully saturated rings. The zero-order valence-corrected chi connectivity index (χ0v) is 15.1. The highest BCUT2D eigenvalue weighted by atomic mass is 16.5. The number of carbonyl (C=O) groups excluding carboxylic acids is 1. The monoisotopic (exact) mass is 363 g/mol. The van der Waals surface area contributed by atoms with Crippen LogP contribution < -0.4 is 10.2 Å². The third kappa shape index (κ3) is 3.97. The van der Waals surface area contributed by atoms with Crippen LogP contribution in [0.5, 0.6) is 0 Å². The van der Waals surface area contributed by atoms with Crippen LogP contribution in [0.3, 0.4) is 0 Å². The Bertz CT molecular complexity index is 917.